The van der Waals surface area contributed by atoms with Crippen molar-refractivity contribution in [2.75, 3.05) is 6.54 Å². The zero-order valence-electron chi connectivity index (χ0n) is 15.8. The first kappa shape index (κ1) is 17.5. The van der Waals surface area contributed by atoms with Crippen molar-refractivity contribution in [1.29, 1.82) is 0 Å². The lowest BCUT2D eigenvalue weighted by atomic mass is 10.1. The summed E-state index contributed by atoms with van der Waals surface area (Å²) in [4.78, 5) is 32.6. The summed E-state index contributed by atoms with van der Waals surface area (Å²) in [6.07, 6.45) is 9.15. The Bertz CT molecular complexity index is 1050. The predicted molar refractivity (Wildman–Crippen MR) is 104 cm³/mol. The Morgan fingerprint density at radius 2 is 1.96 bits per heavy atom. The zero-order valence-corrected chi connectivity index (χ0v) is 15.8. The van der Waals surface area contributed by atoms with Gasteiger partial charge in [-0.15, -0.1) is 0 Å². The van der Waals surface area contributed by atoms with Crippen LogP contribution in [0.4, 0.5) is 0 Å². The van der Waals surface area contributed by atoms with Crippen molar-refractivity contribution in [3.8, 4) is 0 Å². The number of rotatable bonds is 2. The molecule has 0 radical (unpaired) electrons. The first-order valence-electron chi connectivity index (χ1n) is 9.47. The molecule has 3 aromatic heterocycles. The Balaban J connectivity index is 1.78. The van der Waals surface area contributed by atoms with E-state index in [0.717, 1.165) is 36.9 Å². The first-order chi connectivity index (χ1) is 13.1. The van der Waals surface area contributed by atoms with Gasteiger partial charge in [0, 0.05) is 37.9 Å². The number of fused-ring (bicyclic) bond motifs is 1. The van der Waals surface area contributed by atoms with Gasteiger partial charge in [-0.2, -0.15) is 0 Å². The minimum absolute atomic E-state index is 0.0161. The lowest BCUT2D eigenvalue weighted by Crippen LogP contribution is -2.39. The van der Waals surface area contributed by atoms with E-state index in [-0.39, 0.29) is 23.1 Å². The van der Waals surface area contributed by atoms with Crippen LogP contribution in [0.3, 0.4) is 0 Å². The van der Waals surface area contributed by atoms with Gasteiger partial charge in [-0.3, -0.25) is 14.0 Å². The fourth-order valence-corrected chi connectivity index (χ4v) is 4.03. The highest BCUT2D eigenvalue weighted by atomic mass is 16.2. The molecule has 1 fully saturated rings. The van der Waals surface area contributed by atoms with Crippen LogP contribution in [0.15, 0.2) is 47.7 Å². The lowest BCUT2D eigenvalue weighted by Gasteiger charge is -2.30. The molecule has 0 saturated carbocycles. The number of nitrogens with zero attached hydrogens (tertiary/aromatic N) is 4. The highest BCUT2D eigenvalue weighted by molar-refractivity contribution is 5.94. The topological polar surface area (TPSA) is 59.6 Å². The molecule has 4 heterocycles. The van der Waals surface area contributed by atoms with Gasteiger partial charge in [-0.05, 0) is 43.5 Å². The third-order valence-corrected chi connectivity index (χ3v) is 5.50. The summed E-state index contributed by atoms with van der Waals surface area (Å²) < 4.78 is 3.53. The van der Waals surface area contributed by atoms with Gasteiger partial charge in [0.1, 0.15) is 11.2 Å². The van der Waals surface area contributed by atoms with Gasteiger partial charge in [0.15, 0.2) is 0 Å². The molecule has 0 N–H and O–H groups in total. The monoisotopic (exact) mass is 364 g/mol. The average Bonchev–Trinajstić information content (AvgIpc) is 2.94. The SMILES string of the molecule is Cc1cccn2c(=O)c(C(=O)N3CCCCCC3c3cccn3C)cnc12. The molecule has 1 atom stereocenters. The number of aromatic nitrogens is 3. The number of likely N-dealkylation sites (tertiary alicyclic amines) is 1. The quantitative estimate of drug-likeness (QED) is 0.702. The van der Waals surface area contributed by atoms with Crippen LogP contribution in [-0.4, -0.2) is 31.3 Å². The van der Waals surface area contributed by atoms with Crippen LogP contribution < -0.4 is 5.56 Å². The van der Waals surface area contributed by atoms with Crippen molar-refractivity contribution < 1.29 is 4.79 Å². The van der Waals surface area contributed by atoms with E-state index in [4.69, 9.17) is 0 Å². The first-order valence-corrected chi connectivity index (χ1v) is 9.47. The Hall–Kier alpha value is -2.89. The zero-order chi connectivity index (χ0) is 19.0. The van der Waals surface area contributed by atoms with E-state index in [0.29, 0.717) is 12.2 Å². The van der Waals surface area contributed by atoms with Crippen molar-refractivity contribution >= 4 is 11.6 Å². The summed E-state index contributed by atoms with van der Waals surface area (Å²) in [5, 5.41) is 0. The molecule has 1 unspecified atom stereocenters. The molecule has 1 saturated heterocycles. The van der Waals surface area contributed by atoms with E-state index in [2.05, 4.69) is 15.6 Å². The summed E-state index contributed by atoms with van der Waals surface area (Å²) in [5.74, 6) is -0.225. The highest BCUT2D eigenvalue weighted by Gasteiger charge is 2.30. The second-order valence-corrected chi connectivity index (χ2v) is 7.27. The van der Waals surface area contributed by atoms with Crippen LogP contribution in [0, 0.1) is 6.92 Å². The summed E-state index contributed by atoms with van der Waals surface area (Å²) in [6, 6.07) is 7.75. The lowest BCUT2D eigenvalue weighted by molar-refractivity contribution is 0.0672. The Labute approximate surface area is 158 Å². The molecule has 27 heavy (non-hydrogen) atoms. The maximum Gasteiger partial charge on any atom is 0.270 e. The molecule has 6 nitrogen and oxygen atoms in total. The number of pyridine rings is 1. The van der Waals surface area contributed by atoms with Crippen LogP contribution in [0.5, 0.6) is 0 Å². The highest BCUT2D eigenvalue weighted by Crippen LogP contribution is 2.31. The fourth-order valence-electron chi connectivity index (χ4n) is 4.03. The Kier molecular flexibility index (Phi) is 4.56. The number of hydrogen-bond donors (Lipinski definition) is 0. The molecular weight excluding hydrogens is 340 g/mol. The summed E-state index contributed by atoms with van der Waals surface area (Å²) in [6.45, 7) is 2.56. The van der Waals surface area contributed by atoms with E-state index in [9.17, 15) is 9.59 Å². The van der Waals surface area contributed by atoms with Crippen molar-refractivity contribution in [1.82, 2.24) is 18.9 Å². The number of hydrogen-bond acceptors (Lipinski definition) is 3. The smallest absolute Gasteiger partial charge is 0.270 e. The molecule has 0 aromatic carbocycles. The minimum atomic E-state index is -0.302. The van der Waals surface area contributed by atoms with E-state index in [1.165, 1.54) is 10.6 Å². The van der Waals surface area contributed by atoms with Gasteiger partial charge in [0.25, 0.3) is 11.5 Å². The Morgan fingerprint density at radius 1 is 1.15 bits per heavy atom. The number of amides is 1. The molecule has 1 aliphatic heterocycles. The molecule has 6 heteroatoms. The summed E-state index contributed by atoms with van der Waals surface area (Å²) >= 11 is 0. The van der Waals surface area contributed by atoms with Crippen LogP contribution in [0.1, 0.15) is 53.3 Å². The molecule has 1 aliphatic rings. The molecule has 140 valence electrons. The van der Waals surface area contributed by atoms with Crippen LogP contribution in [-0.2, 0) is 7.05 Å². The Morgan fingerprint density at radius 3 is 2.74 bits per heavy atom. The normalized spacial score (nSPS) is 17.9. The summed E-state index contributed by atoms with van der Waals surface area (Å²) in [5.41, 5.74) is 2.44. The van der Waals surface area contributed by atoms with Gasteiger partial charge in [0.2, 0.25) is 0 Å². The van der Waals surface area contributed by atoms with E-state index in [1.54, 1.807) is 12.3 Å². The van der Waals surface area contributed by atoms with E-state index >= 15 is 0 Å². The van der Waals surface area contributed by atoms with Gasteiger partial charge in [0.05, 0.1) is 6.04 Å². The van der Waals surface area contributed by atoms with Gasteiger partial charge in [-0.25, -0.2) is 4.98 Å². The van der Waals surface area contributed by atoms with Crippen molar-refractivity contribution in [3.05, 3.63) is 70.0 Å². The van der Waals surface area contributed by atoms with E-state index in [1.807, 2.05) is 37.2 Å². The molecule has 4 rings (SSSR count). The number of aryl methyl sites for hydroxylation is 2. The van der Waals surface area contributed by atoms with Gasteiger partial charge < -0.3 is 9.47 Å². The van der Waals surface area contributed by atoms with Gasteiger partial charge in [-0.1, -0.05) is 18.9 Å². The molecule has 0 aliphatic carbocycles. The van der Waals surface area contributed by atoms with Crippen LogP contribution in [0.2, 0.25) is 0 Å². The van der Waals surface area contributed by atoms with Crippen molar-refractivity contribution in [2.24, 2.45) is 7.05 Å². The minimum Gasteiger partial charge on any atom is -0.353 e. The largest absolute Gasteiger partial charge is 0.353 e. The molecule has 3 aromatic rings. The standard InChI is InChI=1S/C21H24N4O2/c1-15-8-6-13-25-19(15)22-14-16(21(25)27)20(26)24-12-5-3-4-9-18(24)17-10-7-11-23(17)2/h6-8,10-11,13-14,18H,3-5,9,12H2,1-2H3. The number of carbonyl (C=O) groups is 1. The summed E-state index contributed by atoms with van der Waals surface area (Å²) in [7, 11) is 2.00. The third-order valence-electron chi connectivity index (χ3n) is 5.50. The van der Waals surface area contributed by atoms with Crippen molar-refractivity contribution in [2.45, 2.75) is 38.6 Å². The molecule has 1 amide bonds. The predicted octanol–water partition coefficient (Wildman–Crippen LogP) is 3.10. The molecule has 0 spiro atoms. The second-order valence-electron chi connectivity index (χ2n) is 7.27. The number of carbonyl (C=O) groups excluding carboxylic acids is 1. The maximum absolute atomic E-state index is 13.4. The van der Waals surface area contributed by atoms with E-state index < -0.39 is 0 Å². The van der Waals surface area contributed by atoms with Crippen molar-refractivity contribution in [3.63, 3.8) is 0 Å². The fraction of sp³-hybridized carbons (Fsp3) is 0.381. The molecule has 0 bridgehead atoms. The van der Waals surface area contributed by atoms with Crippen LogP contribution >= 0.6 is 0 Å². The average molecular weight is 364 g/mol. The molecular formula is C21H24N4O2. The van der Waals surface area contributed by atoms with Gasteiger partial charge >= 0.3 is 0 Å². The third kappa shape index (κ3) is 3.05. The van der Waals surface area contributed by atoms with Crippen LogP contribution in [0.25, 0.3) is 5.65 Å². The maximum atomic E-state index is 13.4. The second kappa shape index (κ2) is 7.02.